The fourth-order valence-electron chi connectivity index (χ4n) is 2.26. The number of aromatic amines is 1. The van der Waals surface area contributed by atoms with E-state index in [1.54, 1.807) is 13.0 Å². The number of rotatable bonds is 7. The number of hydrogen-bond donors (Lipinski definition) is 2. The lowest BCUT2D eigenvalue weighted by atomic mass is 10.1. The summed E-state index contributed by atoms with van der Waals surface area (Å²) in [6.07, 6.45) is 1.48. The highest BCUT2D eigenvalue weighted by atomic mass is 32.2. The first-order valence-electron chi connectivity index (χ1n) is 7.33. The summed E-state index contributed by atoms with van der Waals surface area (Å²) in [6.45, 7) is 1.70. The van der Waals surface area contributed by atoms with Crippen molar-refractivity contribution in [2.75, 3.05) is 5.75 Å². The van der Waals surface area contributed by atoms with Crippen LogP contribution in [0.25, 0.3) is 0 Å². The van der Waals surface area contributed by atoms with Gasteiger partial charge in [0.25, 0.3) is 5.56 Å². The van der Waals surface area contributed by atoms with Gasteiger partial charge in [-0.15, -0.1) is 0 Å². The predicted molar refractivity (Wildman–Crippen MR) is 87.7 cm³/mol. The summed E-state index contributed by atoms with van der Waals surface area (Å²) < 4.78 is 41.4. The number of hydrogen-bond acceptors (Lipinski definition) is 4. The lowest BCUT2D eigenvalue weighted by molar-refractivity contribution is 0.543. The average molecular weight is 355 g/mol. The number of H-pyrrole nitrogens is 1. The van der Waals surface area contributed by atoms with Crippen LogP contribution in [-0.4, -0.2) is 23.7 Å². The molecule has 0 radical (unpaired) electrons. The molecule has 0 amide bonds. The molecule has 0 fully saturated rings. The maximum absolute atomic E-state index is 13.7. The highest BCUT2D eigenvalue weighted by molar-refractivity contribution is 7.89. The van der Waals surface area contributed by atoms with Crippen LogP contribution >= 0.6 is 0 Å². The molecule has 24 heavy (non-hydrogen) atoms. The van der Waals surface area contributed by atoms with Crippen molar-refractivity contribution in [2.24, 2.45) is 0 Å². The number of nitrogens with zero attached hydrogens (tertiary/aromatic N) is 1. The van der Waals surface area contributed by atoms with Crippen LogP contribution in [0.3, 0.4) is 0 Å². The van der Waals surface area contributed by atoms with E-state index in [9.17, 15) is 22.4 Å². The van der Waals surface area contributed by atoms with Gasteiger partial charge in [0.1, 0.15) is 5.82 Å². The van der Waals surface area contributed by atoms with Crippen LogP contribution in [0.4, 0.5) is 4.39 Å². The van der Waals surface area contributed by atoms with Gasteiger partial charge in [-0.05, 0) is 19.4 Å². The molecule has 7 nitrogen and oxygen atoms in total. The smallest absolute Gasteiger partial charge is 0.301 e. The van der Waals surface area contributed by atoms with E-state index in [2.05, 4.69) is 9.71 Å². The van der Waals surface area contributed by atoms with Gasteiger partial charge in [0, 0.05) is 30.4 Å². The van der Waals surface area contributed by atoms with E-state index >= 15 is 0 Å². The van der Waals surface area contributed by atoms with E-state index in [1.165, 1.54) is 35.0 Å². The molecule has 0 bridgehead atoms. The normalized spacial score (nSPS) is 12.9. The second-order valence-electron chi connectivity index (χ2n) is 5.34. The Labute approximate surface area is 138 Å². The highest BCUT2D eigenvalue weighted by Gasteiger charge is 2.17. The number of halogens is 1. The molecular formula is C15H18FN3O4S. The maximum Gasteiger partial charge on any atom is 0.328 e. The number of aryl methyl sites for hydroxylation is 1. The van der Waals surface area contributed by atoms with Gasteiger partial charge in [0.2, 0.25) is 10.0 Å². The van der Waals surface area contributed by atoms with E-state index in [-0.39, 0.29) is 24.3 Å². The predicted octanol–water partition coefficient (Wildman–Crippen LogP) is 0.746. The van der Waals surface area contributed by atoms with Gasteiger partial charge in [0.05, 0.1) is 5.75 Å². The zero-order chi connectivity index (χ0) is 17.7. The highest BCUT2D eigenvalue weighted by Crippen LogP contribution is 2.17. The first-order chi connectivity index (χ1) is 11.3. The van der Waals surface area contributed by atoms with Gasteiger partial charge >= 0.3 is 5.69 Å². The Balaban J connectivity index is 1.95. The summed E-state index contributed by atoms with van der Waals surface area (Å²) in [5, 5.41) is 0. The van der Waals surface area contributed by atoms with Crippen molar-refractivity contribution in [3.63, 3.8) is 0 Å². The van der Waals surface area contributed by atoms with Gasteiger partial charge < -0.3 is 4.57 Å². The van der Waals surface area contributed by atoms with Crippen molar-refractivity contribution in [2.45, 2.75) is 25.9 Å². The van der Waals surface area contributed by atoms with Gasteiger partial charge in [0.15, 0.2) is 0 Å². The topological polar surface area (TPSA) is 101 Å². The van der Waals surface area contributed by atoms with Crippen LogP contribution in [-0.2, 0) is 16.6 Å². The van der Waals surface area contributed by atoms with Gasteiger partial charge in [-0.3, -0.25) is 9.78 Å². The quantitative estimate of drug-likeness (QED) is 0.765. The summed E-state index contributed by atoms with van der Waals surface area (Å²) in [5.41, 5.74) is -0.838. The summed E-state index contributed by atoms with van der Waals surface area (Å²) in [5.74, 6) is -0.704. The third kappa shape index (κ3) is 4.87. The van der Waals surface area contributed by atoms with Crippen molar-refractivity contribution in [3.8, 4) is 0 Å². The van der Waals surface area contributed by atoms with Crippen LogP contribution in [0.15, 0.2) is 46.1 Å². The van der Waals surface area contributed by atoms with Crippen molar-refractivity contribution in [1.82, 2.24) is 14.3 Å². The molecule has 9 heteroatoms. The van der Waals surface area contributed by atoms with Gasteiger partial charge in [-0.2, -0.15) is 0 Å². The van der Waals surface area contributed by atoms with Crippen LogP contribution in [0.2, 0.25) is 0 Å². The van der Waals surface area contributed by atoms with E-state index in [0.29, 0.717) is 0 Å². The zero-order valence-electron chi connectivity index (χ0n) is 13.0. The van der Waals surface area contributed by atoms with E-state index in [0.717, 1.165) is 0 Å². The fraction of sp³-hybridized carbons (Fsp3) is 0.333. The first-order valence-corrected chi connectivity index (χ1v) is 8.98. The monoisotopic (exact) mass is 355 g/mol. The lowest BCUT2D eigenvalue weighted by Crippen LogP contribution is -2.32. The molecule has 1 unspecified atom stereocenters. The van der Waals surface area contributed by atoms with Crippen LogP contribution in [0.5, 0.6) is 0 Å². The Morgan fingerprint density at radius 1 is 1.25 bits per heavy atom. The summed E-state index contributed by atoms with van der Waals surface area (Å²) >= 11 is 0. The Morgan fingerprint density at radius 3 is 2.62 bits per heavy atom. The molecule has 1 heterocycles. The Bertz CT molecular complexity index is 921. The third-order valence-corrected chi connectivity index (χ3v) is 4.98. The van der Waals surface area contributed by atoms with E-state index in [4.69, 9.17) is 0 Å². The maximum atomic E-state index is 13.7. The number of benzene rings is 1. The minimum atomic E-state index is -3.64. The van der Waals surface area contributed by atoms with Crippen molar-refractivity contribution in [3.05, 3.63) is 68.7 Å². The molecule has 0 spiro atoms. The standard InChI is InChI=1S/C15H18FN3O4S/c1-11(12-5-2-3-6-13(12)16)18-24(22,23)10-4-8-19-9-7-14(20)17-15(19)21/h2-3,5-7,9,11,18H,4,8,10H2,1H3,(H,17,20,21). The van der Waals surface area contributed by atoms with E-state index < -0.39 is 33.1 Å². The van der Waals surface area contributed by atoms with Crippen molar-refractivity contribution >= 4 is 10.0 Å². The number of aromatic nitrogens is 2. The molecule has 0 saturated carbocycles. The van der Waals surface area contributed by atoms with Crippen molar-refractivity contribution < 1.29 is 12.8 Å². The molecule has 1 aromatic heterocycles. The molecule has 130 valence electrons. The minimum absolute atomic E-state index is 0.143. The van der Waals surface area contributed by atoms with Gasteiger partial charge in [-0.25, -0.2) is 22.3 Å². The molecule has 1 aromatic carbocycles. The molecule has 0 aliphatic rings. The van der Waals surface area contributed by atoms with Crippen LogP contribution in [0, 0.1) is 5.82 Å². The first kappa shape index (κ1) is 18.1. The second-order valence-corrected chi connectivity index (χ2v) is 7.21. The summed E-state index contributed by atoms with van der Waals surface area (Å²) in [6, 6.07) is 6.43. The number of nitrogens with one attached hydrogen (secondary N) is 2. The SMILES string of the molecule is CC(NS(=O)(=O)CCCn1ccc(=O)[nH]c1=O)c1ccccc1F. The second kappa shape index (κ2) is 7.54. The number of sulfonamides is 1. The average Bonchev–Trinajstić information content (AvgIpc) is 2.49. The molecule has 2 rings (SSSR count). The lowest BCUT2D eigenvalue weighted by Gasteiger charge is -2.15. The Hall–Kier alpha value is -2.26. The molecule has 0 aliphatic heterocycles. The van der Waals surface area contributed by atoms with Crippen molar-refractivity contribution in [1.29, 1.82) is 0 Å². The third-order valence-electron chi connectivity index (χ3n) is 3.44. The Kier molecular flexibility index (Phi) is 5.68. The fourth-order valence-corrected chi connectivity index (χ4v) is 3.56. The Morgan fingerprint density at radius 2 is 1.96 bits per heavy atom. The van der Waals surface area contributed by atoms with E-state index in [1.807, 2.05) is 0 Å². The largest absolute Gasteiger partial charge is 0.328 e. The summed E-state index contributed by atoms with van der Waals surface area (Å²) in [4.78, 5) is 24.5. The molecule has 2 N–H and O–H groups in total. The molecule has 0 aliphatic carbocycles. The zero-order valence-corrected chi connectivity index (χ0v) is 13.8. The molecular weight excluding hydrogens is 337 g/mol. The van der Waals surface area contributed by atoms with Crippen LogP contribution in [0.1, 0.15) is 24.9 Å². The van der Waals surface area contributed by atoms with Crippen LogP contribution < -0.4 is 16.0 Å². The van der Waals surface area contributed by atoms with Gasteiger partial charge in [-0.1, -0.05) is 18.2 Å². The minimum Gasteiger partial charge on any atom is -0.301 e. The molecule has 0 saturated heterocycles. The molecule has 1 atom stereocenters. The molecule has 2 aromatic rings. The summed E-state index contributed by atoms with van der Waals surface area (Å²) in [7, 11) is -3.64.